The summed E-state index contributed by atoms with van der Waals surface area (Å²) in [7, 11) is 0. The van der Waals surface area contributed by atoms with Gasteiger partial charge in [0, 0.05) is 72.5 Å². The Bertz CT molecular complexity index is 2060. The molecule has 5 aliphatic heterocycles. The number of ether oxygens (including phenoxy) is 1. The number of fused-ring (bicyclic) bond motifs is 5. The normalized spacial score (nSPS) is 22.0. The third-order valence-corrected chi connectivity index (χ3v) is 11.8. The Morgan fingerprint density at radius 1 is 0.911 bits per heavy atom. The first kappa shape index (κ1) is 40.6. The summed E-state index contributed by atoms with van der Waals surface area (Å²) in [5, 5.41) is 33.8. The van der Waals surface area contributed by atoms with Crippen molar-refractivity contribution in [1.82, 2.24) is 10.2 Å². The van der Waals surface area contributed by atoms with Gasteiger partial charge in [0.1, 0.15) is 5.76 Å². The number of carbonyl (C=O) groups is 3. The number of hydrogen-bond acceptors (Lipinski definition) is 9. The van der Waals surface area contributed by atoms with Crippen LogP contribution in [-0.2, 0) is 19.1 Å². The Morgan fingerprint density at radius 3 is 2.25 bits per heavy atom. The number of unbranched alkanes of at least 4 members (excludes halogenated alkanes) is 2. The fourth-order valence-corrected chi connectivity index (χ4v) is 8.59. The molecule has 1 aliphatic carbocycles. The standard InChI is InChI=1S/C44H55N5O7/c1-8-10-11-18-56-27(7)41-25(5)33-20-32-24(4)29(12-13-38(51)49(16-14-39(52)53)17-15-40(54)55)43(47-32)30-19-37(50)42-26(6)34(48-44(30)42)21-35-28(9-2)23(3)31(45-35)22-36(41)46-33/h20-22,24,27,29,47,50H,8-19H2,1-7H3,(H,52,53)(H,54,55)/t24-,27?,29-/m0/s1. The zero-order valence-corrected chi connectivity index (χ0v) is 33.7. The van der Waals surface area contributed by atoms with Crippen molar-refractivity contribution in [3.63, 3.8) is 0 Å². The maximum atomic E-state index is 13.6. The van der Waals surface area contributed by atoms with Crippen molar-refractivity contribution in [3.05, 3.63) is 91.5 Å². The van der Waals surface area contributed by atoms with Crippen molar-refractivity contribution >= 4 is 35.0 Å². The van der Waals surface area contributed by atoms with Crippen molar-refractivity contribution in [1.29, 1.82) is 0 Å². The minimum Gasteiger partial charge on any atom is -0.511 e. The number of nitrogens with one attached hydrogen (secondary N) is 1. The molecule has 4 N–H and O–H groups in total. The molecule has 12 heteroatoms. The molecule has 6 aliphatic rings. The Kier molecular flexibility index (Phi) is 12.3. The van der Waals surface area contributed by atoms with Gasteiger partial charge in [0.2, 0.25) is 5.91 Å². The van der Waals surface area contributed by atoms with Crippen LogP contribution in [0.4, 0.5) is 0 Å². The Hall–Kier alpha value is -5.10. The number of aliphatic hydroxyl groups is 1. The van der Waals surface area contributed by atoms with E-state index in [0.29, 0.717) is 18.7 Å². The fourth-order valence-electron chi connectivity index (χ4n) is 8.59. The second-order valence-electron chi connectivity index (χ2n) is 15.5. The van der Waals surface area contributed by atoms with Gasteiger partial charge in [-0.05, 0) is 87.5 Å². The van der Waals surface area contributed by atoms with E-state index in [1.165, 1.54) is 4.90 Å². The molecule has 0 radical (unpaired) electrons. The van der Waals surface area contributed by atoms with E-state index in [0.717, 1.165) is 105 Å². The molecule has 1 fully saturated rings. The lowest BCUT2D eigenvalue weighted by molar-refractivity contribution is -0.139. The van der Waals surface area contributed by atoms with E-state index in [2.05, 4.69) is 59.0 Å². The summed E-state index contributed by atoms with van der Waals surface area (Å²) in [5.74, 6) is -2.44. The number of carboxylic acids is 2. The maximum absolute atomic E-state index is 13.6. The maximum Gasteiger partial charge on any atom is 0.305 e. The van der Waals surface area contributed by atoms with E-state index in [-0.39, 0.29) is 68.4 Å². The van der Waals surface area contributed by atoms with E-state index in [1.54, 1.807) is 0 Å². The molecule has 8 bridgehead atoms. The van der Waals surface area contributed by atoms with Crippen molar-refractivity contribution in [2.45, 2.75) is 112 Å². The first-order valence-corrected chi connectivity index (χ1v) is 20.0. The van der Waals surface area contributed by atoms with Crippen LogP contribution in [0.3, 0.4) is 0 Å². The fraction of sp³-hybridized carbons (Fsp3) is 0.500. The predicted octanol–water partition coefficient (Wildman–Crippen LogP) is 7.81. The monoisotopic (exact) mass is 765 g/mol. The lowest BCUT2D eigenvalue weighted by Crippen LogP contribution is -2.35. The lowest BCUT2D eigenvalue weighted by atomic mass is 9.86. The third kappa shape index (κ3) is 8.07. The summed E-state index contributed by atoms with van der Waals surface area (Å²) in [6.07, 6.45) is 10.2. The second-order valence-corrected chi connectivity index (χ2v) is 15.5. The molecule has 298 valence electrons. The minimum atomic E-state index is -1.06. The predicted molar refractivity (Wildman–Crippen MR) is 217 cm³/mol. The molecule has 5 heterocycles. The average Bonchev–Trinajstić information content (AvgIpc) is 3.91. The van der Waals surface area contributed by atoms with Crippen LogP contribution >= 0.6 is 0 Å². The van der Waals surface area contributed by atoms with Gasteiger partial charge < -0.3 is 30.3 Å². The van der Waals surface area contributed by atoms with Crippen molar-refractivity contribution in [2.24, 2.45) is 26.8 Å². The summed E-state index contributed by atoms with van der Waals surface area (Å²) in [6.45, 7) is 15.2. The van der Waals surface area contributed by atoms with Crippen LogP contribution in [0.25, 0.3) is 0 Å². The molecule has 0 aromatic heterocycles. The van der Waals surface area contributed by atoms with Crippen LogP contribution in [0.2, 0.25) is 0 Å². The topological polar surface area (TPSA) is 173 Å². The molecule has 0 spiro atoms. The average molecular weight is 766 g/mol. The smallest absolute Gasteiger partial charge is 0.305 e. The van der Waals surface area contributed by atoms with Crippen LogP contribution in [0, 0.1) is 11.8 Å². The van der Waals surface area contributed by atoms with E-state index in [1.807, 2.05) is 13.0 Å². The highest BCUT2D eigenvalue weighted by Crippen LogP contribution is 2.46. The number of aliphatic hydroxyl groups excluding tert-OH is 1. The van der Waals surface area contributed by atoms with Crippen LogP contribution < -0.4 is 5.32 Å². The molecular weight excluding hydrogens is 711 g/mol. The molecule has 56 heavy (non-hydrogen) atoms. The molecule has 1 unspecified atom stereocenters. The highest BCUT2D eigenvalue weighted by Gasteiger charge is 2.41. The van der Waals surface area contributed by atoms with Crippen LogP contribution in [-0.4, -0.2) is 81.0 Å². The van der Waals surface area contributed by atoms with Gasteiger partial charge in [-0.1, -0.05) is 33.6 Å². The van der Waals surface area contributed by atoms with E-state index >= 15 is 0 Å². The molecule has 0 aromatic carbocycles. The molecule has 0 aromatic rings. The first-order chi connectivity index (χ1) is 26.7. The number of carbonyl (C=O) groups excluding carboxylic acids is 1. The van der Waals surface area contributed by atoms with E-state index in [4.69, 9.17) is 19.7 Å². The Morgan fingerprint density at radius 2 is 1.59 bits per heavy atom. The van der Waals surface area contributed by atoms with Crippen molar-refractivity contribution in [3.8, 4) is 0 Å². The van der Waals surface area contributed by atoms with Gasteiger partial charge >= 0.3 is 11.9 Å². The second kappa shape index (κ2) is 17.0. The van der Waals surface area contributed by atoms with E-state index in [9.17, 15) is 29.7 Å². The molecule has 1 amide bonds. The largest absolute Gasteiger partial charge is 0.511 e. The van der Waals surface area contributed by atoms with Gasteiger partial charge in [-0.15, -0.1) is 0 Å². The van der Waals surface area contributed by atoms with Gasteiger partial charge in [0.25, 0.3) is 0 Å². The number of aliphatic carboxylic acids is 2. The van der Waals surface area contributed by atoms with Gasteiger partial charge in [-0.3, -0.25) is 14.4 Å². The van der Waals surface area contributed by atoms with Gasteiger partial charge in [0.15, 0.2) is 0 Å². The number of nitrogens with zero attached hydrogens (tertiary/aromatic N) is 4. The van der Waals surface area contributed by atoms with Crippen LogP contribution in [0.1, 0.15) is 106 Å². The van der Waals surface area contributed by atoms with Crippen molar-refractivity contribution in [2.75, 3.05) is 19.7 Å². The molecule has 3 atom stereocenters. The SMILES string of the molecule is CCCCCOC(C)C1=C(C)C2=NC1=CC1=NC(=CC3=C(C)C4=C(O)CC(=C5NC(=C2)[C@@H](C)[C@@H]5CCC(=O)N(CCC(=O)O)CCC(=O)O)C4=N3)C(CC)=C1C. The minimum absolute atomic E-state index is 0.0650. The molecule has 0 saturated carbocycles. The summed E-state index contributed by atoms with van der Waals surface area (Å²) in [5.41, 5.74) is 13.3. The summed E-state index contributed by atoms with van der Waals surface area (Å²) in [6, 6.07) is 0. The van der Waals surface area contributed by atoms with E-state index < -0.39 is 11.9 Å². The molecule has 12 nitrogen and oxygen atoms in total. The number of aliphatic imine (C=N–C) groups is 3. The highest BCUT2D eigenvalue weighted by molar-refractivity contribution is 6.21. The Balaban J connectivity index is 1.45. The number of carboxylic acid groups (broad SMARTS) is 2. The molecule has 6 rings (SSSR count). The van der Waals surface area contributed by atoms with Gasteiger partial charge in [0.05, 0.1) is 53.2 Å². The zero-order valence-electron chi connectivity index (χ0n) is 33.7. The molecule has 1 saturated heterocycles. The summed E-state index contributed by atoms with van der Waals surface area (Å²) < 4.78 is 6.41. The zero-order chi connectivity index (χ0) is 40.4. The lowest BCUT2D eigenvalue weighted by Gasteiger charge is -2.23. The van der Waals surface area contributed by atoms with Gasteiger partial charge in [-0.25, -0.2) is 15.0 Å². The quantitative estimate of drug-likeness (QED) is 0.115. The number of hydrogen-bond donors (Lipinski definition) is 4. The van der Waals surface area contributed by atoms with Crippen LogP contribution in [0.15, 0.2) is 106 Å². The first-order valence-electron chi connectivity index (χ1n) is 20.0. The highest BCUT2D eigenvalue weighted by atomic mass is 16.5. The Labute approximate surface area is 329 Å². The number of rotatable bonds is 16. The van der Waals surface area contributed by atoms with Crippen molar-refractivity contribution < 1.29 is 34.4 Å². The van der Waals surface area contributed by atoms with Gasteiger partial charge in [-0.2, -0.15) is 0 Å². The number of allylic oxidation sites excluding steroid dienone is 11. The summed E-state index contributed by atoms with van der Waals surface area (Å²) >= 11 is 0. The molecular formula is C44H55N5O7. The summed E-state index contributed by atoms with van der Waals surface area (Å²) in [4.78, 5) is 53.2. The third-order valence-electron chi connectivity index (χ3n) is 11.8. The number of amides is 1. The van der Waals surface area contributed by atoms with Crippen LogP contribution in [0.5, 0.6) is 0 Å².